The normalized spacial score (nSPS) is 17.3. The van der Waals surface area contributed by atoms with Gasteiger partial charge in [-0.1, -0.05) is 30.3 Å². The van der Waals surface area contributed by atoms with Crippen molar-refractivity contribution in [3.05, 3.63) is 59.7 Å². The molecule has 0 radical (unpaired) electrons. The van der Waals surface area contributed by atoms with Gasteiger partial charge in [0.1, 0.15) is 6.04 Å². The van der Waals surface area contributed by atoms with E-state index in [0.29, 0.717) is 11.3 Å². The first-order chi connectivity index (χ1) is 11.5. The molecule has 0 aliphatic carbocycles. The number of hydrogen-bond donors (Lipinski definition) is 1. The minimum atomic E-state index is -0.287. The first-order valence-electron chi connectivity index (χ1n) is 8.25. The van der Waals surface area contributed by atoms with Crippen molar-refractivity contribution in [1.82, 2.24) is 0 Å². The molecule has 24 heavy (non-hydrogen) atoms. The predicted octanol–water partition coefficient (Wildman–Crippen LogP) is 3.67. The van der Waals surface area contributed by atoms with Gasteiger partial charge in [0.15, 0.2) is 5.78 Å². The molecular formula is C20H22N2O2. The second-order valence-corrected chi connectivity index (χ2v) is 6.39. The first-order valence-corrected chi connectivity index (χ1v) is 8.25. The smallest absolute Gasteiger partial charge is 0.246 e. The molecule has 0 saturated heterocycles. The Morgan fingerprint density at radius 1 is 1.17 bits per heavy atom. The van der Waals surface area contributed by atoms with Crippen molar-refractivity contribution in [3.8, 4) is 0 Å². The number of carbonyl (C=O) groups excluding carboxylic acids is 2. The SMILES string of the molecule is CC(=O)c1cccc(NC(=O)[C@@H](C)N2c3ccccc3C[C@H]2C)c1. The Morgan fingerprint density at radius 2 is 1.92 bits per heavy atom. The van der Waals surface area contributed by atoms with E-state index in [9.17, 15) is 9.59 Å². The Hall–Kier alpha value is -2.62. The van der Waals surface area contributed by atoms with Gasteiger partial charge in [-0.05, 0) is 51.0 Å². The highest BCUT2D eigenvalue weighted by atomic mass is 16.2. The molecule has 1 heterocycles. The number of amides is 1. The van der Waals surface area contributed by atoms with Gasteiger partial charge in [0, 0.05) is 23.0 Å². The zero-order valence-electron chi connectivity index (χ0n) is 14.2. The van der Waals surface area contributed by atoms with Crippen molar-refractivity contribution < 1.29 is 9.59 Å². The molecule has 2 atom stereocenters. The van der Waals surface area contributed by atoms with Gasteiger partial charge < -0.3 is 10.2 Å². The Labute approximate surface area is 142 Å². The quantitative estimate of drug-likeness (QED) is 0.874. The van der Waals surface area contributed by atoms with Crippen LogP contribution in [0, 0.1) is 0 Å². The summed E-state index contributed by atoms with van der Waals surface area (Å²) in [6.45, 7) is 5.58. The summed E-state index contributed by atoms with van der Waals surface area (Å²) in [6.07, 6.45) is 0.952. The summed E-state index contributed by atoms with van der Waals surface area (Å²) in [5, 5.41) is 2.93. The Kier molecular flexibility index (Phi) is 4.38. The molecule has 3 rings (SSSR count). The van der Waals surface area contributed by atoms with Gasteiger partial charge in [-0.2, -0.15) is 0 Å². The van der Waals surface area contributed by atoms with E-state index in [1.54, 1.807) is 24.3 Å². The molecule has 2 aromatic carbocycles. The maximum atomic E-state index is 12.7. The number of rotatable bonds is 4. The lowest BCUT2D eigenvalue weighted by Crippen LogP contribution is -2.45. The summed E-state index contributed by atoms with van der Waals surface area (Å²) in [5.74, 6) is -0.0829. The second-order valence-electron chi connectivity index (χ2n) is 6.39. The van der Waals surface area contributed by atoms with Crippen LogP contribution in [0.25, 0.3) is 0 Å². The number of carbonyl (C=O) groups is 2. The van der Waals surface area contributed by atoms with Crippen molar-refractivity contribution in [2.24, 2.45) is 0 Å². The van der Waals surface area contributed by atoms with Crippen molar-refractivity contribution in [2.45, 2.75) is 39.3 Å². The van der Waals surface area contributed by atoms with Gasteiger partial charge >= 0.3 is 0 Å². The van der Waals surface area contributed by atoms with E-state index in [4.69, 9.17) is 0 Å². The number of fused-ring (bicyclic) bond motifs is 1. The van der Waals surface area contributed by atoms with Crippen molar-refractivity contribution in [2.75, 3.05) is 10.2 Å². The third-order valence-corrected chi connectivity index (χ3v) is 4.59. The zero-order chi connectivity index (χ0) is 17.3. The number of anilines is 2. The van der Waals surface area contributed by atoms with E-state index in [2.05, 4.69) is 29.3 Å². The Balaban J connectivity index is 1.78. The Bertz CT molecular complexity index is 785. The van der Waals surface area contributed by atoms with E-state index in [-0.39, 0.29) is 23.8 Å². The summed E-state index contributed by atoms with van der Waals surface area (Å²) in [6, 6.07) is 15.3. The topological polar surface area (TPSA) is 49.4 Å². The fourth-order valence-corrected chi connectivity index (χ4v) is 3.37. The van der Waals surface area contributed by atoms with Crippen molar-refractivity contribution in [3.63, 3.8) is 0 Å². The maximum absolute atomic E-state index is 12.7. The molecule has 0 fully saturated rings. The van der Waals surface area contributed by atoms with E-state index in [1.165, 1.54) is 12.5 Å². The number of ketones is 1. The highest BCUT2D eigenvalue weighted by Gasteiger charge is 2.32. The van der Waals surface area contributed by atoms with Gasteiger partial charge in [-0.3, -0.25) is 9.59 Å². The molecule has 1 aliphatic heterocycles. The fraction of sp³-hybridized carbons (Fsp3) is 0.300. The molecule has 0 spiro atoms. The van der Waals surface area contributed by atoms with E-state index in [1.807, 2.05) is 19.1 Å². The summed E-state index contributed by atoms with van der Waals surface area (Å²) in [7, 11) is 0. The number of nitrogens with zero attached hydrogens (tertiary/aromatic N) is 1. The highest BCUT2D eigenvalue weighted by molar-refractivity contribution is 5.99. The molecule has 2 aromatic rings. The van der Waals surface area contributed by atoms with Gasteiger partial charge in [-0.15, -0.1) is 0 Å². The van der Waals surface area contributed by atoms with E-state index in [0.717, 1.165) is 12.1 Å². The van der Waals surface area contributed by atoms with Crippen LogP contribution >= 0.6 is 0 Å². The van der Waals surface area contributed by atoms with Crippen LogP contribution in [0.5, 0.6) is 0 Å². The van der Waals surface area contributed by atoms with Crippen LogP contribution in [0.3, 0.4) is 0 Å². The number of benzene rings is 2. The predicted molar refractivity (Wildman–Crippen MR) is 96.6 cm³/mol. The molecule has 1 N–H and O–H groups in total. The number of para-hydroxylation sites is 1. The van der Waals surface area contributed by atoms with Crippen LogP contribution < -0.4 is 10.2 Å². The maximum Gasteiger partial charge on any atom is 0.246 e. The molecule has 0 aromatic heterocycles. The third-order valence-electron chi connectivity index (χ3n) is 4.59. The molecule has 0 saturated carbocycles. The monoisotopic (exact) mass is 322 g/mol. The molecule has 4 heteroatoms. The minimum Gasteiger partial charge on any atom is -0.357 e. The number of nitrogens with one attached hydrogen (secondary N) is 1. The van der Waals surface area contributed by atoms with Crippen LogP contribution in [0.1, 0.15) is 36.7 Å². The van der Waals surface area contributed by atoms with Gasteiger partial charge in [0.2, 0.25) is 5.91 Å². The molecule has 1 amide bonds. The Morgan fingerprint density at radius 3 is 2.67 bits per heavy atom. The molecular weight excluding hydrogens is 300 g/mol. The largest absolute Gasteiger partial charge is 0.357 e. The van der Waals surface area contributed by atoms with Crippen LogP contribution in [-0.2, 0) is 11.2 Å². The van der Waals surface area contributed by atoms with E-state index < -0.39 is 0 Å². The van der Waals surface area contributed by atoms with Crippen LogP contribution in [0.2, 0.25) is 0 Å². The summed E-state index contributed by atoms with van der Waals surface area (Å²) in [5.41, 5.74) is 3.66. The number of Topliss-reactive ketones (excluding diaryl/α,β-unsaturated/α-hetero) is 1. The summed E-state index contributed by atoms with van der Waals surface area (Å²) in [4.78, 5) is 26.4. The van der Waals surface area contributed by atoms with Crippen LogP contribution in [0.15, 0.2) is 48.5 Å². The number of hydrogen-bond acceptors (Lipinski definition) is 3. The minimum absolute atomic E-state index is 0.0127. The highest BCUT2D eigenvalue weighted by Crippen LogP contribution is 2.33. The van der Waals surface area contributed by atoms with Gasteiger partial charge in [0.05, 0.1) is 0 Å². The first kappa shape index (κ1) is 16.2. The third kappa shape index (κ3) is 3.04. The van der Waals surface area contributed by atoms with Crippen molar-refractivity contribution >= 4 is 23.1 Å². The summed E-state index contributed by atoms with van der Waals surface area (Å²) < 4.78 is 0. The van der Waals surface area contributed by atoms with Crippen LogP contribution in [-0.4, -0.2) is 23.8 Å². The lowest BCUT2D eigenvalue weighted by Gasteiger charge is -2.30. The second kappa shape index (κ2) is 6.48. The lowest BCUT2D eigenvalue weighted by atomic mass is 10.1. The van der Waals surface area contributed by atoms with Crippen LogP contribution in [0.4, 0.5) is 11.4 Å². The fourth-order valence-electron chi connectivity index (χ4n) is 3.37. The van der Waals surface area contributed by atoms with Gasteiger partial charge in [-0.25, -0.2) is 0 Å². The lowest BCUT2D eigenvalue weighted by molar-refractivity contribution is -0.117. The zero-order valence-corrected chi connectivity index (χ0v) is 14.2. The average molecular weight is 322 g/mol. The molecule has 4 nitrogen and oxygen atoms in total. The molecule has 0 bridgehead atoms. The molecule has 124 valence electrons. The van der Waals surface area contributed by atoms with Gasteiger partial charge in [0.25, 0.3) is 0 Å². The average Bonchev–Trinajstić information content (AvgIpc) is 2.90. The van der Waals surface area contributed by atoms with Crippen molar-refractivity contribution in [1.29, 1.82) is 0 Å². The standard InChI is InChI=1S/C20H22N2O2/c1-13-11-17-7-4-5-10-19(17)22(13)14(2)20(24)21-18-9-6-8-16(12-18)15(3)23/h4-10,12-14H,11H2,1-3H3,(H,21,24)/t13-,14-/m1/s1. The van der Waals surface area contributed by atoms with E-state index >= 15 is 0 Å². The summed E-state index contributed by atoms with van der Waals surface area (Å²) >= 11 is 0. The molecule has 0 unspecified atom stereocenters. The molecule has 1 aliphatic rings.